The lowest BCUT2D eigenvalue weighted by molar-refractivity contribution is -0.127. The largest absolute Gasteiger partial charge is 0.449 e. The molecule has 0 fully saturated rings. The van der Waals surface area contributed by atoms with E-state index in [9.17, 15) is 14.4 Å². The number of urea groups is 1. The highest BCUT2D eigenvalue weighted by Crippen LogP contribution is 2.18. The lowest BCUT2D eigenvalue weighted by Gasteiger charge is -2.16. The summed E-state index contributed by atoms with van der Waals surface area (Å²) in [6, 6.07) is 3.04. The minimum absolute atomic E-state index is 0.0986. The number of esters is 1. The fourth-order valence-electron chi connectivity index (χ4n) is 2.29. The van der Waals surface area contributed by atoms with Crippen molar-refractivity contribution in [2.75, 3.05) is 0 Å². The summed E-state index contributed by atoms with van der Waals surface area (Å²) in [5.74, 6) is -1.24. The van der Waals surface area contributed by atoms with Crippen molar-refractivity contribution >= 4 is 17.9 Å². The molecule has 0 aliphatic heterocycles. The SMILES string of the molecule is Cc1cc(C)c(C(=O)OC(C)C(=O)NC(=O)NC(C)C)c(C)c1. The van der Waals surface area contributed by atoms with Gasteiger partial charge in [-0.2, -0.15) is 0 Å². The van der Waals surface area contributed by atoms with Crippen molar-refractivity contribution in [3.63, 3.8) is 0 Å². The molecule has 1 aromatic carbocycles. The van der Waals surface area contributed by atoms with E-state index >= 15 is 0 Å². The van der Waals surface area contributed by atoms with E-state index in [0.717, 1.165) is 16.7 Å². The van der Waals surface area contributed by atoms with Gasteiger partial charge in [0, 0.05) is 6.04 Å². The molecule has 0 aliphatic carbocycles. The maximum Gasteiger partial charge on any atom is 0.339 e. The van der Waals surface area contributed by atoms with Crippen molar-refractivity contribution in [2.24, 2.45) is 0 Å². The molecule has 3 amide bonds. The van der Waals surface area contributed by atoms with Gasteiger partial charge in [-0.3, -0.25) is 10.1 Å². The molecule has 0 bridgehead atoms. The first-order chi connectivity index (χ1) is 10.6. The Bertz CT molecular complexity index is 600. The standard InChI is InChI=1S/C17H24N2O4/c1-9(2)18-17(22)19-15(20)13(6)23-16(21)14-11(4)7-10(3)8-12(14)5/h7-9,13H,1-6H3,(H2,18,19,20,22). The molecule has 1 aromatic rings. The van der Waals surface area contributed by atoms with Crippen molar-refractivity contribution in [3.8, 4) is 0 Å². The number of nitrogens with one attached hydrogen (secondary N) is 2. The fraction of sp³-hybridized carbons (Fsp3) is 0.471. The predicted molar refractivity (Wildman–Crippen MR) is 87.3 cm³/mol. The van der Waals surface area contributed by atoms with Gasteiger partial charge in [0.05, 0.1) is 5.56 Å². The van der Waals surface area contributed by atoms with Gasteiger partial charge in [0.2, 0.25) is 0 Å². The number of ether oxygens (including phenoxy) is 1. The first-order valence-electron chi connectivity index (χ1n) is 7.52. The average Bonchev–Trinajstić information content (AvgIpc) is 2.35. The van der Waals surface area contributed by atoms with Crippen LogP contribution in [0.4, 0.5) is 4.79 Å². The summed E-state index contributed by atoms with van der Waals surface area (Å²) in [4.78, 5) is 35.6. The van der Waals surface area contributed by atoms with Crippen molar-refractivity contribution in [1.82, 2.24) is 10.6 Å². The molecule has 6 heteroatoms. The Kier molecular flexibility index (Phi) is 6.30. The molecule has 6 nitrogen and oxygen atoms in total. The van der Waals surface area contributed by atoms with Crippen LogP contribution in [0.15, 0.2) is 12.1 Å². The third kappa shape index (κ3) is 5.39. The van der Waals surface area contributed by atoms with Gasteiger partial charge in [-0.15, -0.1) is 0 Å². The summed E-state index contributed by atoms with van der Waals surface area (Å²) >= 11 is 0. The van der Waals surface area contributed by atoms with Crippen LogP contribution in [0, 0.1) is 20.8 Å². The number of carbonyl (C=O) groups is 3. The van der Waals surface area contributed by atoms with Gasteiger partial charge in [-0.1, -0.05) is 17.7 Å². The Hall–Kier alpha value is -2.37. The third-order valence-corrected chi connectivity index (χ3v) is 3.19. The third-order valence-electron chi connectivity index (χ3n) is 3.19. The second-order valence-corrected chi connectivity index (χ2v) is 5.94. The Morgan fingerprint density at radius 3 is 2.00 bits per heavy atom. The molecule has 1 unspecified atom stereocenters. The lowest BCUT2D eigenvalue weighted by atomic mass is 10.00. The summed E-state index contributed by atoms with van der Waals surface area (Å²) in [6.45, 7) is 10.6. The number of benzene rings is 1. The van der Waals surface area contributed by atoms with Gasteiger partial charge in [0.25, 0.3) is 5.91 Å². The maximum atomic E-state index is 12.3. The first kappa shape index (κ1) is 18.7. The Balaban J connectivity index is 2.74. The number of amides is 3. The zero-order chi connectivity index (χ0) is 17.7. The number of aryl methyl sites for hydroxylation is 3. The van der Waals surface area contributed by atoms with E-state index in [4.69, 9.17) is 4.74 Å². The van der Waals surface area contributed by atoms with Gasteiger partial charge in [0.15, 0.2) is 6.10 Å². The maximum absolute atomic E-state index is 12.3. The van der Waals surface area contributed by atoms with Gasteiger partial charge in [-0.05, 0) is 52.7 Å². The molecule has 0 saturated heterocycles. The topological polar surface area (TPSA) is 84.5 Å². The van der Waals surface area contributed by atoms with Crippen LogP contribution in [-0.2, 0) is 9.53 Å². The van der Waals surface area contributed by atoms with Crippen LogP contribution in [0.5, 0.6) is 0 Å². The zero-order valence-corrected chi connectivity index (χ0v) is 14.4. The molecule has 23 heavy (non-hydrogen) atoms. The summed E-state index contributed by atoms with van der Waals surface area (Å²) in [5.41, 5.74) is 3.07. The van der Waals surface area contributed by atoms with E-state index < -0.39 is 24.0 Å². The van der Waals surface area contributed by atoms with Crippen molar-refractivity contribution in [3.05, 3.63) is 34.4 Å². The Labute approximate surface area is 136 Å². The zero-order valence-electron chi connectivity index (χ0n) is 14.4. The van der Waals surface area contributed by atoms with Crippen molar-refractivity contribution in [2.45, 2.75) is 53.7 Å². The molecule has 1 atom stereocenters. The highest BCUT2D eigenvalue weighted by Gasteiger charge is 2.23. The number of carbonyl (C=O) groups excluding carboxylic acids is 3. The summed E-state index contributed by atoms with van der Waals surface area (Å²) < 4.78 is 5.17. The molecular weight excluding hydrogens is 296 g/mol. The predicted octanol–water partition coefficient (Wildman–Crippen LogP) is 2.39. The normalized spacial score (nSPS) is 11.8. The van der Waals surface area contributed by atoms with E-state index in [-0.39, 0.29) is 6.04 Å². The van der Waals surface area contributed by atoms with Crippen LogP contribution in [0.3, 0.4) is 0 Å². The van der Waals surface area contributed by atoms with Crippen LogP contribution in [-0.4, -0.2) is 30.1 Å². The second kappa shape index (κ2) is 7.76. The second-order valence-electron chi connectivity index (χ2n) is 5.94. The highest BCUT2D eigenvalue weighted by atomic mass is 16.5. The molecule has 0 spiro atoms. The van der Waals surface area contributed by atoms with E-state index in [1.54, 1.807) is 13.8 Å². The molecule has 0 aromatic heterocycles. The monoisotopic (exact) mass is 320 g/mol. The van der Waals surface area contributed by atoms with Gasteiger partial charge < -0.3 is 10.1 Å². The molecule has 126 valence electrons. The van der Waals surface area contributed by atoms with Crippen LogP contribution < -0.4 is 10.6 Å². The van der Waals surface area contributed by atoms with Crippen molar-refractivity contribution in [1.29, 1.82) is 0 Å². The van der Waals surface area contributed by atoms with Gasteiger partial charge in [0.1, 0.15) is 0 Å². The lowest BCUT2D eigenvalue weighted by Crippen LogP contribution is -2.46. The molecule has 2 N–H and O–H groups in total. The summed E-state index contributed by atoms with van der Waals surface area (Å²) in [7, 11) is 0. The van der Waals surface area contributed by atoms with Gasteiger partial charge >= 0.3 is 12.0 Å². The Morgan fingerprint density at radius 1 is 1.00 bits per heavy atom. The average molecular weight is 320 g/mol. The molecular formula is C17H24N2O4. The van der Waals surface area contributed by atoms with Crippen molar-refractivity contribution < 1.29 is 19.1 Å². The first-order valence-corrected chi connectivity index (χ1v) is 7.52. The van der Waals surface area contributed by atoms with Crippen LogP contribution in [0.2, 0.25) is 0 Å². The molecule has 0 saturated carbocycles. The highest BCUT2D eigenvalue weighted by molar-refractivity contribution is 5.99. The minimum atomic E-state index is -1.07. The smallest absolute Gasteiger partial charge is 0.339 e. The number of hydrogen-bond acceptors (Lipinski definition) is 4. The molecule has 0 heterocycles. The molecule has 1 rings (SSSR count). The fourth-order valence-corrected chi connectivity index (χ4v) is 2.29. The van der Waals surface area contributed by atoms with Crippen LogP contribution >= 0.6 is 0 Å². The van der Waals surface area contributed by atoms with E-state index in [2.05, 4.69) is 10.6 Å². The summed E-state index contributed by atoms with van der Waals surface area (Å²) in [6.07, 6.45) is -1.07. The molecule has 0 aliphatic rings. The Morgan fingerprint density at radius 2 is 1.52 bits per heavy atom. The summed E-state index contributed by atoms with van der Waals surface area (Å²) in [5, 5.41) is 4.67. The molecule has 0 radical (unpaired) electrons. The quantitative estimate of drug-likeness (QED) is 0.834. The van der Waals surface area contributed by atoms with E-state index in [1.165, 1.54) is 6.92 Å². The van der Waals surface area contributed by atoms with Crippen LogP contribution in [0.1, 0.15) is 47.8 Å². The number of imide groups is 1. The van der Waals surface area contributed by atoms with Gasteiger partial charge in [-0.25, -0.2) is 9.59 Å². The van der Waals surface area contributed by atoms with E-state index in [0.29, 0.717) is 5.56 Å². The van der Waals surface area contributed by atoms with Crippen LogP contribution in [0.25, 0.3) is 0 Å². The van der Waals surface area contributed by atoms with E-state index in [1.807, 2.05) is 32.9 Å². The minimum Gasteiger partial charge on any atom is -0.449 e. The number of hydrogen-bond donors (Lipinski definition) is 2. The number of rotatable bonds is 4.